The van der Waals surface area contributed by atoms with Gasteiger partial charge in [-0.2, -0.15) is 0 Å². The highest BCUT2D eigenvalue weighted by Gasteiger charge is 2.19. The summed E-state index contributed by atoms with van der Waals surface area (Å²) < 4.78 is 0. The average molecular weight is 291 g/mol. The Labute approximate surface area is 125 Å². The number of amides is 1. The van der Waals surface area contributed by atoms with Gasteiger partial charge in [-0.05, 0) is 39.8 Å². The third-order valence-electron chi connectivity index (χ3n) is 4.23. The summed E-state index contributed by atoms with van der Waals surface area (Å²) in [7, 11) is 0. The molecule has 1 aromatic heterocycles. The number of aromatic amines is 1. The van der Waals surface area contributed by atoms with Crippen LogP contribution in [0.4, 0.5) is 0 Å². The second-order valence-corrected chi connectivity index (χ2v) is 6.03. The number of hydrogen-bond donors (Lipinski definition) is 2. The minimum Gasteiger partial charge on any atom is -0.363 e. The Balaban J connectivity index is 1.88. The number of H-pyrrole nitrogens is 1. The van der Waals surface area contributed by atoms with Gasteiger partial charge in [0.05, 0.1) is 6.54 Å². The molecule has 1 amide bonds. The fourth-order valence-electron chi connectivity index (χ4n) is 2.77. The van der Waals surface area contributed by atoms with Crippen LogP contribution in [0, 0.1) is 19.8 Å². The molecule has 116 valence electrons. The molecule has 1 aromatic rings. The first-order valence-electron chi connectivity index (χ1n) is 7.67. The Morgan fingerprint density at radius 1 is 1.38 bits per heavy atom. The molecule has 0 aromatic carbocycles. The molecule has 21 heavy (non-hydrogen) atoms. The van der Waals surface area contributed by atoms with Crippen LogP contribution >= 0.6 is 0 Å². The number of hydrogen-bond acceptors (Lipinski definition) is 3. The Morgan fingerprint density at radius 2 is 2.05 bits per heavy atom. The van der Waals surface area contributed by atoms with E-state index >= 15 is 0 Å². The van der Waals surface area contributed by atoms with Gasteiger partial charge in [-0.15, -0.1) is 0 Å². The number of aryl methyl sites for hydroxylation is 1. The minimum absolute atomic E-state index is 0.0272. The molecule has 5 nitrogen and oxygen atoms in total. The van der Waals surface area contributed by atoms with Gasteiger partial charge in [0.15, 0.2) is 5.43 Å². The first-order chi connectivity index (χ1) is 9.99. The largest absolute Gasteiger partial charge is 0.363 e. The number of aromatic nitrogens is 1. The average Bonchev–Trinajstić information content (AvgIpc) is 2.96. The normalized spacial score (nSPS) is 16.9. The topological polar surface area (TPSA) is 65.2 Å². The van der Waals surface area contributed by atoms with Crippen molar-refractivity contribution in [3.05, 3.63) is 33.2 Å². The van der Waals surface area contributed by atoms with Crippen LogP contribution < -0.4 is 10.7 Å². The zero-order valence-corrected chi connectivity index (χ0v) is 13.2. The van der Waals surface area contributed by atoms with E-state index < -0.39 is 0 Å². The van der Waals surface area contributed by atoms with Gasteiger partial charge in [0.2, 0.25) is 5.91 Å². The minimum atomic E-state index is -0.0272. The number of rotatable bonds is 5. The molecule has 1 aliphatic rings. The molecule has 1 aliphatic heterocycles. The summed E-state index contributed by atoms with van der Waals surface area (Å²) in [6.45, 7) is 8.93. The highest BCUT2D eigenvalue weighted by Crippen LogP contribution is 2.10. The van der Waals surface area contributed by atoms with Crippen LogP contribution in [0.2, 0.25) is 0 Å². The van der Waals surface area contributed by atoms with Crippen molar-refractivity contribution in [3.63, 3.8) is 0 Å². The summed E-state index contributed by atoms with van der Waals surface area (Å²) in [4.78, 5) is 29.4. The van der Waals surface area contributed by atoms with Gasteiger partial charge in [0.25, 0.3) is 0 Å². The summed E-state index contributed by atoms with van der Waals surface area (Å²) >= 11 is 0. The Hall–Kier alpha value is -1.62. The van der Waals surface area contributed by atoms with Gasteiger partial charge >= 0.3 is 0 Å². The number of pyridine rings is 1. The van der Waals surface area contributed by atoms with E-state index in [1.807, 2.05) is 6.92 Å². The number of carbonyl (C=O) groups excluding carboxylic acids is 1. The van der Waals surface area contributed by atoms with E-state index in [2.05, 4.69) is 15.2 Å². The van der Waals surface area contributed by atoms with E-state index in [0.29, 0.717) is 17.7 Å². The van der Waals surface area contributed by atoms with Crippen molar-refractivity contribution < 1.29 is 4.79 Å². The van der Waals surface area contributed by atoms with Crippen molar-refractivity contribution in [2.45, 2.75) is 40.2 Å². The summed E-state index contributed by atoms with van der Waals surface area (Å²) in [6.07, 6.45) is 4.17. The van der Waals surface area contributed by atoms with Crippen molar-refractivity contribution in [3.8, 4) is 0 Å². The Kier molecular flexibility index (Phi) is 5.17. The van der Waals surface area contributed by atoms with E-state index in [4.69, 9.17) is 0 Å². The first-order valence-corrected chi connectivity index (χ1v) is 7.67. The van der Waals surface area contributed by atoms with Crippen LogP contribution in [0.25, 0.3) is 0 Å². The third kappa shape index (κ3) is 3.94. The number of likely N-dealkylation sites (tertiary alicyclic amines) is 1. The lowest BCUT2D eigenvalue weighted by Gasteiger charge is -2.19. The predicted octanol–water partition coefficient (Wildman–Crippen LogP) is 1.34. The molecule has 2 heterocycles. The molecule has 2 N–H and O–H groups in total. The fraction of sp³-hybridized carbons (Fsp3) is 0.625. The molecule has 5 heteroatoms. The summed E-state index contributed by atoms with van der Waals surface area (Å²) in [6, 6.07) is 0. The summed E-state index contributed by atoms with van der Waals surface area (Å²) in [5.74, 6) is 0.0169. The van der Waals surface area contributed by atoms with Crippen molar-refractivity contribution in [2.24, 2.45) is 5.92 Å². The van der Waals surface area contributed by atoms with Gasteiger partial charge in [0, 0.05) is 35.5 Å². The van der Waals surface area contributed by atoms with Gasteiger partial charge in [-0.3, -0.25) is 9.59 Å². The molecule has 0 aliphatic carbocycles. The second-order valence-electron chi connectivity index (χ2n) is 6.03. The molecular formula is C16H25N3O2. The van der Waals surface area contributed by atoms with E-state index in [-0.39, 0.29) is 17.3 Å². The lowest BCUT2D eigenvalue weighted by atomic mass is 10.1. The predicted molar refractivity (Wildman–Crippen MR) is 83.2 cm³/mol. The number of carbonyl (C=O) groups is 1. The van der Waals surface area contributed by atoms with Crippen molar-refractivity contribution in [1.82, 2.24) is 15.2 Å². The van der Waals surface area contributed by atoms with Crippen LogP contribution in [-0.2, 0) is 11.3 Å². The standard InChI is InChI=1S/C16H25N3O2/c1-11-8-17-14(13(3)15(11)20)9-18-16(21)12(2)10-19-6-4-5-7-19/h8,12H,4-7,9-10H2,1-3H3,(H,17,20)(H,18,21)/t12-/m1/s1. The summed E-state index contributed by atoms with van der Waals surface area (Å²) in [5, 5.41) is 2.92. The SMILES string of the molecule is Cc1c[nH]c(CNC(=O)[C@H](C)CN2CCCC2)c(C)c1=O. The molecule has 1 saturated heterocycles. The maximum atomic E-state index is 12.1. The van der Waals surface area contributed by atoms with E-state index in [0.717, 1.165) is 25.3 Å². The lowest BCUT2D eigenvalue weighted by molar-refractivity contribution is -0.125. The van der Waals surface area contributed by atoms with Gasteiger partial charge < -0.3 is 15.2 Å². The van der Waals surface area contributed by atoms with Gasteiger partial charge in [0.1, 0.15) is 0 Å². The zero-order valence-electron chi connectivity index (χ0n) is 13.2. The molecular weight excluding hydrogens is 266 g/mol. The maximum Gasteiger partial charge on any atom is 0.224 e. The van der Waals surface area contributed by atoms with Crippen LogP contribution in [0.3, 0.4) is 0 Å². The van der Waals surface area contributed by atoms with Crippen molar-refractivity contribution >= 4 is 5.91 Å². The lowest BCUT2D eigenvalue weighted by Crippen LogP contribution is -2.36. The van der Waals surface area contributed by atoms with Crippen LogP contribution in [0.15, 0.2) is 11.0 Å². The molecule has 0 saturated carbocycles. The molecule has 0 bridgehead atoms. The Morgan fingerprint density at radius 3 is 2.71 bits per heavy atom. The van der Waals surface area contributed by atoms with Crippen LogP contribution in [-0.4, -0.2) is 35.4 Å². The Bertz CT molecular complexity index is 559. The monoisotopic (exact) mass is 291 g/mol. The third-order valence-corrected chi connectivity index (χ3v) is 4.23. The van der Waals surface area contributed by atoms with Crippen molar-refractivity contribution in [1.29, 1.82) is 0 Å². The second kappa shape index (κ2) is 6.89. The van der Waals surface area contributed by atoms with Crippen LogP contribution in [0.1, 0.15) is 36.6 Å². The van der Waals surface area contributed by atoms with Gasteiger partial charge in [-0.1, -0.05) is 6.92 Å². The number of nitrogens with one attached hydrogen (secondary N) is 2. The van der Waals surface area contributed by atoms with E-state index in [1.165, 1.54) is 12.8 Å². The first kappa shape index (κ1) is 15.8. The summed E-state index contributed by atoms with van der Waals surface area (Å²) in [5.41, 5.74) is 2.21. The number of nitrogens with zero attached hydrogens (tertiary/aromatic N) is 1. The maximum absolute atomic E-state index is 12.1. The van der Waals surface area contributed by atoms with E-state index in [1.54, 1.807) is 20.0 Å². The smallest absolute Gasteiger partial charge is 0.224 e. The molecule has 0 spiro atoms. The highest BCUT2D eigenvalue weighted by molar-refractivity contribution is 5.78. The van der Waals surface area contributed by atoms with Gasteiger partial charge in [-0.25, -0.2) is 0 Å². The molecule has 2 rings (SSSR count). The zero-order chi connectivity index (χ0) is 15.4. The molecule has 1 fully saturated rings. The molecule has 0 unspecified atom stereocenters. The molecule has 0 radical (unpaired) electrons. The highest BCUT2D eigenvalue weighted by atomic mass is 16.1. The van der Waals surface area contributed by atoms with Crippen LogP contribution in [0.5, 0.6) is 0 Å². The quantitative estimate of drug-likeness (QED) is 0.860. The van der Waals surface area contributed by atoms with E-state index in [9.17, 15) is 9.59 Å². The van der Waals surface area contributed by atoms with Crippen molar-refractivity contribution in [2.75, 3.05) is 19.6 Å². The fourth-order valence-corrected chi connectivity index (χ4v) is 2.77. The molecule has 1 atom stereocenters.